The van der Waals surface area contributed by atoms with Gasteiger partial charge in [-0.1, -0.05) is 127 Å². The van der Waals surface area contributed by atoms with Gasteiger partial charge in [0.2, 0.25) is 5.71 Å². The van der Waals surface area contributed by atoms with Crippen molar-refractivity contribution in [3.05, 3.63) is 200 Å². The van der Waals surface area contributed by atoms with Crippen molar-refractivity contribution < 1.29 is 4.42 Å². The highest BCUT2D eigenvalue weighted by Crippen LogP contribution is 2.48. The molecule has 296 valence electrons. The van der Waals surface area contributed by atoms with E-state index in [9.17, 15) is 0 Å². The number of fused-ring (bicyclic) bond motifs is 16. The first-order valence-corrected chi connectivity index (χ1v) is 21.7. The fourth-order valence-electron chi connectivity index (χ4n) is 10.9. The second kappa shape index (κ2) is 12.4. The van der Waals surface area contributed by atoms with Crippen molar-refractivity contribution >= 4 is 104 Å². The average Bonchev–Trinajstić information content (AvgIpc) is 4.16. The number of aromatic nitrogens is 5. The van der Waals surface area contributed by atoms with Gasteiger partial charge in [0.25, 0.3) is 0 Å². The van der Waals surface area contributed by atoms with Crippen LogP contribution in [0.3, 0.4) is 0 Å². The molecule has 64 heavy (non-hydrogen) atoms. The summed E-state index contributed by atoms with van der Waals surface area (Å²) in [5.41, 5.74) is 13.8. The van der Waals surface area contributed by atoms with E-state index in [0.29, 0.717) is 11.5 Å². The van der Waals surface area contributed by atoms with Gasteiger partial charge in [0.05, 0.1) is 44.0 Å². The summed E-state index contributed by atoms with van der Waals surface area (Å²) < 4.78 is 13.9. The van der Waals surface area contributed by atoms with E-state index in [1.54, 1.807) is 0 Å². The molecule has 0 spiro atoms. The first-order valence-electron chi connectivity index (χ1n) is 21.7. The Balaban J connectivity index is 1.10. The maximum absolute atomic E-state index is 6.72. The third-order valence-electron chi connectivity index (χ3n) is 13.6. The molecule has 0 N–H and O–H groups in total. The van der Waals surface area contributed by atoms with Gasteiger partial charge < -0.3 is 13.4 Å². The summed E-state index contributed by atoms with van der Waals surface area (Å²) in [6.07, 6.45) is 0. The molecule has 0 aliphatic heterocycles. The van der Waals surface area contributed by atoms with Crippen molar-refractivity contribution in [1.82, 2.24) is 23.5 Å². The van der Waals surface area contributed by atoms with E-state index in [4.69, 9.17) is 14.4 Å². The third kappa shape index (κ3) is 4.43. The van der Waals surface area contributed by atoms with Gasteiger partial charge in [-0.2, -0.15) is 4.98 Å². The molecule has 0 bridgehead atoms. The summed E-state index contributed by atoms with van der Waals surface area (Å²) in [4.78, 5) is 11.0. The molecular weight excluding hydrogens is 783 g/mol. The summed E-state index contributed by atoms with van der Waals surface area (Å²) in [6, 6.07) is 71.7. The van der Waals surface area contributed by atoms with Crippen LogP contribution in [0.1, 0.15) is 0 Å². The topological polar surface area (TPSA) is 53.2 Å². The van der Waals surface area contributed by atoms with Gasteiger partial charge in [0.1, 0.15) is 5.58 Å². The Labute approximate surface area is 364 Å². The lowest BCUT2D eigenvalue weighted by Gasteiger charge is -2.12. The van der Waals surface area contributed by atoms with Crippen LogP contribution >= 0.6 is 0 Å². The third-order valence-corrected chi connectivity index (χ3v) is 13.6. The monoisotopic (exact) mass is 815 g/mol. The predicted molar refractivity (Wildman–Crippen MR) is 264 cm³/mol. The van der Waals surface area contributed by atoms with Crippen LogP contribution in [0.5, 0.6) is 0 Å². The quantitative estimate of drug-likeness (QED) is 0.178. The summed E-state index contributed by atoms with van der Waals surface area (Å²) in [5, 5.41) is 11.4. The highest BCUT2D eigenvalue weighted by Gasteiger charge is 2.27. The number of benzene rings is 9. The Hall–Kier alpha value is -8.74. The molecule has 0 fully saturated rings. The Kier molecular flexibility index (Phi) is 6.59. The van der Waals surface area contributed by atoms with Gasteiger partial charge in [-0.05, 0) is 83.9 Å². The largest absolute Gasteiger partial charge is 0.437 e. The van der Waals surface area contributed by atoms with Crippen molar-refractivity contribution in [2.24, 2.45) is 0 Å². The first-order chi connectivity index (χ1) is 31.8. The van der Waals surface area contributed by atoms with Gasteiger partial charge in [0, 0.05) is 59.7 Å². The van der Waals surface area contributed by atoms with E-state index in [1.165, 1.54) is 54.4 Å². The summed E-state index contributed by atoms with van der Waals surface area (Å²) >= 11 is 0. The molecule has 0 atom stereocenters. The van der Waals surface area contributed by atoms with Crippen LogP contribution in [0.25, 0.3) is 138 Å². The molecule has 0 aliphatic carbocycles. The average molecular weight is 816 g/mol. The van der Waals surface area contributed by atoms with Gasteiger partial charge in [-0.3, -0.25) is 4.57 Å². The molecule has 0 saturated heterocycles. The van der Waals surface area contributed by atoms with Crippen LogP contribution < -0.4 is 0 Å². The van der Waals surface area contributed by atoms with Crippen LogP contribution in [0, 0.1) is 0 Å². The van der Waals surface area contributed by atoms with Crippen molar-refractivity contribution in [3.8, 4) is 34.0 Å². The fraction of sp³-hybridized carbons (Fsp3) is 0. The molecule has 6 aromatic heterocycles. The number of hydrogen-bond acceptors (Lipinski definition) is 3. The van der Waals surface area contributed by atoms with Crippen molar-refractivity contribution in [2.45, 2.75) is 0 Å². The van der Waals surface area contributed by atoms with E-state index in [2.05, 4.69) is 202 Å². The van der Waals surface area contributed by atoms with Crippen LogP contribution in [-0.2, 0) is 0 Å². The second-order valence-corrected chi connectivity index (χ2v) is 16.9. The smallest absolute Gasteiger partial charge is 0.233 e. The molecule has 0 amide bonds. The molecule has 0 aliphatic rings. The van der Waals surface area contributed by atoms with Gasteiger partial charge in [-0.25, -0.2) is 4.98 Å². The van der Waals surface area contributed by atoms with E-state index in [1.807, 2.05) is 12.1 Å². The maximum atomic E-state index is 6.72. The zero-order chi connectivity index (χ0) is 41.6. The van der Waals surface area contributed by atoms with E-state index in [0.717, 1.165) is 71.8 Å². The van der Waals surface area contributed by atoms with Crippen molar-refractivity contribution in [1.29, 1.82) is 0 Å². The Morgan fingerprint density at radius 2 is 0.938 bits per heavy atom. The normalized spacial score (nSPS) is 12.4. The van der Waals surface area contributed by atoms with Crippen LogP contribution in [0.2, 0.25) is 0 Å². The maximum Gasteiger partial charge on any atom is 0.233 e. The fourth-order valence-corrected chi connectivity index (χ4v) is 10.9. The minimum absolute atomic E-state index is 0.552. The second-order valence-electron chi connectivity index (χ2n) is 16.9. The van der Waals surface area contributed by atoms with E-state index >= 15 is 0 Å². The first kappa shape index (κ1) is 33.9. The summed E-state index contributed by atoms with van der Waals surface area (Å²) in [5.74, 6) is 1.38. The number of nitrogens with zero attached hydrogens (tertiary/aromatic N) is 5. The number of rotatable bonds is 4. The molecule has 0 radical (unpaired) electrons. The lowest BCUT2D eigenvalue weighted by atomic mass is 9.99. The van der Waals surface area contributed by atoms with Gasteiger partial charge in [-0.15, -0.1) is 0 Å². The van der Waals surface area contributed by atoms with Gasteiger partial charge in [0.15, 0.2) is 11.6 Å². The SMILES string of the molecule is c1ccc(-c2ccc3c(c2)c2c4c5ccccc5n5c6ccccc6c(cc2n3-c2nc(-c3ccc6c(c3)c3ccccc3n6-c3ccccc3)nc3oc6ccccc6c23)c45)cc1. The minimum atomic E-state index is 0.552. The highest BCUT2D eigenvalue weighted by atomic mass is 16.3. The molecule has 6 heterocycles. The molecule has 15 rings (SSSR count). The predicted octanol–water partition coefficient (Wildman–Crippen LogP) is 15.1. The molecule has 0 unspecified atom stereocenters. The highest BCUT2D eigenvalue weighted by molar-refractivity contribution is 6.36. The molecule has 6 heteroatoms. The molecule has 15 aromatic rings. The van der Waals surface area contributed by atoms with E-state index in [-0.39, 0.29) is 0 Å². The summed E-state index contributed by atoms with van der Waals surface area (Å²) in [6.45, 7) is 0. The van der Waals surface area contributed by atoms with Crippen LogP contribution in [-0.4, -0.2) is 23.5 Å². The molecular formula is C58H33N5O. The Morgan fingerprint density at radius 1 is 0.344 bits per heavy atom. The number of hydrogen-bond donors (Lipinski definition) is 0. The zero-order valence-corrected chi connectivity index (χ0v) is 34.2. The van der Waals surface area contributed by atoms with Crippen molar-refractivity contribution in [3.63, 3.8) is 0 Å². The lowest BCUT2D eigenvalue weighted by Crippen LogP contribution is -2.02. The summed E-state index contributed by atoms with van der Waals surface area (Å²) in [7, 11) is 0. The van der Waals surface area contributed by atoms with Crippen LogP contribution in [0.4, 0.5) is 0 Å². The number of furan rings is 1. The zero-order valence-electron chi connectivity index (χ0n) is 34.2. The minimum Gasteiger partial charge on any atom is -0.437 e. The molecule has 0 saturated carbocycles. The van der Waals surface area contributed by atoms with Gasteiger partial charge >= 0.3 is 0 Å². The van der Waals surface area contributed by atoms with E-state index < -0.39 is 0 Å². The van der Waals surface area contributed by atoms with Crippen molar-refractivity contribution in [2.75, 3.05) is 0 Å². The molecule has 6 nitrogen and oxygen atoms in total. The number of para-hydroxylation sites is 5. The standard InChI is InChI=1S/C58H33N5O/c1-3-15-34(16-4-1)35-27-29-49-44(31-35)52-50(33-43-39-20-8-12-24-46(39)62-47-25-13-9-21-40(47)53(52)55(43)62)63(49)57-54-41-22-10-14-26-51(41)64-58(54)60-56(59-57)36-28-30-48-42(32-36)38-19-7-11-23-45(38)61(48)37-17-5-2-6-18-37/h1-33H. The van der Waals surface area contributed by atoms with Crippen LogP contribution in [0.15, 0.2) is 205 Å². The Morgan fingerprint density at radius 3 is 1.73 bits per heavy atom. The molecule has 9 aromatic carbocycles. The lowest BCUT2D eigenvalue weighted by molar-refractivity contribution is 0.653. The Bertz CT molecular complexity index is 4420.